The van der Waals surface area contributed by atoms with Gasteiger partial charge in [-0.3, -0.25) is 5.32 Å². The maximum absolute atomic E-state index is 12.0. The molecule has 1 heterocycles. The van der Waals surface area contributed by atoms with Gasteiger partial charge in [-0.25, -0.2) is 4.79 Å². The van der Waals surface area contributed by atoms with Gasteiger partial charge in [0.2, 0.25) is 5.70 Å². The number of hydrogen-bond acceptors (Lipinski definition) is 2. The molecule has 1 aromatic carbocycles. The Hall–Kier alpha value is -1.07. The fourth-order valence-electron chi connectivity index (χ4n) is 2.14. The molecule has 0 spiro atoms. The van der Waals surface area contributed by atoms with E-state index in [1.807, 2.05) is 56.7 Å². The van der Waals surface area contributed by atoms with Crippen LogP contribution in [0.5, 0.6) is 0 Å². The van der Waals surface area contributed by atoms with E-state index in [0.717, 1.165) is 17.8 Å². The molecule has 0 bridgehead atoms. The number of carbonyl (C=O) groups is 1. The van der Waals surface area contributed by atoms with E-state index in [-0.39, 0.29) is 36.9 Å². The van der Waals surface area contributed by atoms with Gasteiger partial charge in [-0.15, -0.1) is 0 Å². The van der Waals surface area contributed by atoms with Gasteiger partial charge in [-0.1, -0.05) is 12.1 Å². The molecule has 0 saturated carbocycles. The molecule has 2 rings (SSSR count). The Labute approximate surface area is 132 Å². The number of carbonyl (C=O) groups excluding carboxylic acids is 1. The van der Waals surface area contributed by atoms with Crippen LogP contribution in [0.1, 0.15) is 12.5 Å². The second-order valence-corrected chi connectivity index (χ2v) is 5.00. The van der Waals surface area contributed by atoms with Gasteiger partial charge in [0.1, 0.15) is 18.3 Å². The second kappa shape index (κ2) is 8.27. The summed E-state index contributed by atoms with van der Waals surface area (Å²) in [6.07, 6.45) is 1.81. The van der Waals surface area contributed by atoms with E-state index in [4.69, 9.17) is 4.74 Å². The number of para-hydroxylation sites is 1. The molecular formula is C14H20Cl2N2O2. The first-order chi connectivity index (χ1) is 8.56. The molecule has 0 aliphatic carbocycles. The second-order valence-electron chi connectivity index (χ2n) is 5.00. The molecule has 0 radical (unpaired) electrons. The van der Waals surface area contributed by atoms with Crippen molar-refractivity contribution in [3.05, 3.63) is 35.5 Å². The lowest BCUT2D eigenvalue weighted by atomic mass is 10.2. The predicted molar refractivity (Wildman–Crippen MR) is 69.2 cm³/mol. The molecule has 1 unspecified atom stereocenters. The summed E-state index contributed by atoms with van der Waals surface area (Å²) in [4.78, 5) is 13.2. The lowest BCUT2D eigenvalue weighted by Gasteiger charge is -2.14. The molecule has 0 fully saturated rings. The predicted octanol–water partition coefficient (Wildman–Crippen LogP) is -6.68. The summed E-state index contributed by atoms with van der Waals surface area (Å²) in [7, 11) is 4.09. The summed E-state index contributed by atoms with van der Waals surface area (Å²) in [5.41, 5.74) is 2.79. The molecule has 0 aromatic heterocycles. The summed E-state index contributed by atoms with van der Waals surface area (Å²) in [6.45, 7) is 2.74. The van der Waals surface area contributed by atoms with E-state index in [2.05, 4.69) is 0 Å². The lowest BCUT2D eigenvalue weighted by Crippen LogP contribution is -3.07. The van der Waals surface area contributed by atoms with Gasteiger partial charge in [0.25, 0.3) is 0 Å². The van der Waals surface area contributed by atoms with E-state index in [1.165, 1.54) is 4.90 Å². The minimum Gasteiger partial charge on any atom is -1.00 e. The number of hydrogen-bond donors (Lipinski definition) is 2. The summed E-state index contributed by atoms with van der Waals surface area (Å²) in [5, 5.41) is 1.88. The zero-order valence-corrected chi connectivity index (χ0v) is 13.3. The van der Waals surface area contributed by atoms with Gasteiger partial charge < -0.3 is 34.5 Å². The number of halogens is 2. The minimum absolute atomic E-state index is 0. The van der Waals surface area contributed by atoms with Crippen LogP contribution in [0.2, 0.25) is 0 Å². The number of quaternary nitrogens is 2. The monoisotopic (exact) mass is 318 g/mol. The van der Waals surface area contributed by atoms with Gasteiger partial charge in [-0.2, -0.15) is 0 Å². The van der Waals surface area contributed by atoms with Crippen LogP contribution in [0.4, 0.5) is 5.69 Å². The van der Waals surface area contributed by atoms with Crippen molar-refractivity contribution >= 4 is 17.7 Å². The third-order valence-corrected chi connectivity index (χ3v) is 2.86. The quantitative estimate of drug-likeness (QED) is 0.428. The Morgan fingerprint density at radius 1 is 1.30 bits per heavy atom. The van der Waals surface area contributed by atoms with Crippen molar-refractivity contribution < 1.29 is 44.6 Å². The van der Waals surface area contributed by atoms with Crippen LogP contribution in [0, 0.1) is 0 Å². The van der Waals surface area contributed by atoms with Gasteiger partial charge in [0, 0.05) is 17.7 Å². The number of fused-ring (bicyclic) bond motifs is 1. The van der Waals surface area contributed by atoms with Gasteiger partial charge >= 0.3 is 5.97 Å². The first-order valence-electron chi connectivity index (χ1n) is 6.22. The van der Waals surface area contributed by atoms with Crippen molar-refractivity contribution in [2.45, 2.75) is 13.0 Å². The van der Waals surface area contributed by atoms with Crippen molar-refractivity contribution in [1.29, 1.82) is 0 Å². The number of ether oxygens (including phenoxy) is 1. The summed E-state index contributed by atoms with van der Waals surface area (Å²) in [5.74, 6) is -0.236. The maximum atomic E-state index is 12.0. The number of esters is 1. The standard InChI is InChI=1S/C14H18N2O2.2ClH/c1-10(9-16(2)3)18-14(17)13-8-11-6-4-5-7-12(11)15-13;;/h4-8,10,15H,9H2,1-3H3;2*1H. The number of nitrogens with two attached hydrogens (primary N) is 1. The fourth-order valence-corrected chi connectivity index (χ4v) is 2.14. The first kappa shape index (κ1) is 18.9. The van der Waals surface area contributed by atoms with E-state index < -0.39 is 0 Å². The first-order valence-corrected chi connectivity index (χ1v) is 6.22. The van der Waals surface area contributed by atoms with E-state index in [1.54, 1.807) is 0 Å². The highest BCUT2D eigenvalue weighted by atomic mass is 35.5. The molecule has 1 aliphatic rings. The van der Waals surface area contributed by atoms with Crippen molar-refractivity contribution in [1.82, 2.24) is 0 Å². The summed E-state index contributed by atoms with van der Waals surface area (Å²) >= 11 is 0. The number of benzene rings is 1. The van der Waals surface area contributed by atoms with Crippen LogP contribution in [-0.2, 0) is 9.53 Å². The topological polar surface area (TPSA) is 47.4 Å². The molecule has 1 atom stereocenters. The zero-order chi connectivity index (χ0) is 13.1. The smallest absolute Gasteiger partial charge is 0.393 e. The number of nitrogens with one attached hydrogen (secondary N) is 1. The summed E-state index contributed by atoms with van der Waals surface area (Å²) in [6, 6.07) is 7.93. The molecule has 1 aromatic rings. The average molecular weight is 319 g/mol. The van der Waals surface area contributed by atoms with Crippen LogP contribution in [0.15, 0.2) is 30.0 Å². The fraction of sp³-hybridized carbons (Fsp3) is 0.357. The van der Waals surface area contributed by atoms with E-state index in [9.17, 15) is 4.79 Å². The average Bonchev–Trinajstić information content (AvgIpc) is 2.71. The SMILES string of the molecule is CC(C[NH+](C)C)OC(=O)C1=Cc2ccccc2[NH2+]1.[Cl-].[Cl-]. The van der Waals surface area contributed by atoms with Crippen LogP contribution in [0.3, 0.4) is 0 Å². The summed E-state index contributed by atoms with van der Waals surface area (Å²) < 4.78 is 5.42. The minimum atomic E-state index is -0.236. The molecule has 0 saturated heterocycles. The van der Waals surface area contributed by atoms with Crippen LogP contribution in [0.25, 0.3) is 6.08 Å². The Kier molecular flexibility index (Phi) is 7.83. The van der Waals surface area contributed by atoms with E-state index in [0.29, 0.717) is 5.70 Å². The molecule has 6 heteroatoms. The molecule has 112 valence electrons. The molecular weight excluding hydrogens is 299 g/mol. The normalized spacial score (nSPS) is 13.7. The molecule has 0 amide bonds. The highest BCUT2D eigenvalue weighted by molar-refractivity contribution is 5.93. The van der Waals surface area contributed by atoms with Crippen molar-refractivity contribution in [3.8, 4) is 0 Å². The van der Waals surface area contributed by atoms with Crippen molar-refractivity contribution in [2.75, 3.05) is 20.6 Å². The Morgan fingerprint density at radius 2 is 1.95 bits per heavy atom. The molecule has 4 nitrogen and oxygen atoms in total. The van der Waals surface area contributed by atoms with Gasteiger partial charge in [-0.05, 0) is 13.0 Å². The van der Waals surface area contributed by atoms with Crippen molar-refractivity contribution in [3.63, 3.8) is 0 Å². The highest BCUT2D eigenvalue weighted by Crippen LogP contribution is 2.18. The lowest BCUT2D eigenvalue weighted by molar-refractivity contribution is -0.861. The Balaban J connectivity index is 0.00000180. The molecule has 3 N–H and O–H groups in total. The van der Waals surface area contributed by atoms with Gasteiger partial charge in [0.05, 0.1) is 14.1 Å². The van der Waals surface area contributed by atoms with E-state index >= 15 is 0 Å². The molecule has 20 heavy (non-hydrogen) atoms. The maximum Gasteiger partial charge on any atom is 0.393 e. The number of likely N-dealkylation sites (N-methyl/N-ethyl adjacent to an activating group) is 1. The van der Waals surface area contributed by atoms with Crippen LogP contribution >= 0.6 is 0 Å². The third kappa shape index (κ3) is 4.80. The number of rotatable bonds is 4. The van der Waals surface area contributed by atoms with Gasteiger partial charge in [0.15, 0.2) is 0 Å². The third-order valence-electron chi connectivity index (χ3n) is 2.86. The largest absolute Gasteiger partial charge is 1.00 e. The molecule has 1 aliphatic heterocycles. The van der Waals surface area contributed by atoms with Crippen LogP contribution < -0.4 is 35.0 Å². The highest BCUT2D eigenvalue weighted by Gasteiger charge is 2.26. The van der Waals surface area contributed by atoms with Crippen molar-refractivity contribution in [2.24, 2.45) is 0 Å². The van der Waals surface area contributed by atoms with Crippen LogP contribution in [-0.4, -0.2) is 32.7 Å². The Bertz CT molecular complexity index is 490. The Morgan fingerprint density at radius 3 is 2.55 bits per heavy atom. The zero-order valence-electron chi connectivity index (χ0n) is 11.8.